The highest BCUT2D eigenvalue weighted by atomic mass is 19.4. The van der Waals surface area contributed by atoms with Gasteiger partial charge in [-0.25, -0.2) is 0 Å². The fourth-order valence-electron chi connectivity index (χ4n) is 1.64. The normalized spacial score (nSPS) is 11.3. The number of ether oxygens (including phenoxy) is 2. The predicted octanol–water partition coefficient (Wildman–Crippen LogP) is 2.82. The second-order valence-corrected chi connectivity index (χ2v) is 4.17. The minimum atomic E-state index is -4.34. The third-order valence-electron chi connectivity index (χ3n) is 2.48. The van der Waals surface area contributed by atoms with E-state index >= 15 is 0 Å². The van der Waals surface area contributed by atoms with Crippen molar-refractivity contribution in [3.05, 3.63) is 23.8 Å². The van der Waals surface area contributed by atoms with Crippen molar-refractivity contribution in [2.75, 3.05) is 26.3 Å². The average molecular weight is 305 g/mol. The van der Waals surface area contributed by atoms with Gasteiger partial charge in [0.15, 0.2) is 17.3 Å². The molecule has 0 spiro atoms. The Balaban J connectivity index is 2.73. The molecule has 0 atom stereocenters. The molecule has 1 aromatic rings. The Hall–Kier alpha value is -1.76. The number of carbonyl (C=O) groups excluding carboxylic acids is 1. The Morgan fingerprint density at radius 2 is 1.76 bits per heavy atom. The SMILES string of the molecule is CCOc1ccc(C(=O)CNCC(F)(F)F)cc1OCC. The van der Waals surface area contributed by atoms with Crippen molar-refractivity contribution in [1.82, 2.24) is 5.32 Å². The van der Waals surface area contributed by atoms with Gasteiger partial charge in [0.1, 0.15) is 0 Å². The van der Waals surface area contributed by atoms with Crippen molar-refractivity contribution >= 4 is 5.78 Å². The van der Waals surface area contributed by atoms with E-state index in [1.807, 2.05) is 6.92 Å². The van der Waals surface area contributed by atoms with Crippen LogP contribution in [-0.2, 0) is 0 Å². The Bertz CT molecular complexity index is 475. The minimum absolute atomic E-state index is 0.275. The highest BCUT2D eigenvalue weighted by molar-refractivity contribution is 5.98. The lowest BCUT2D eigenvalue weighted by Gasteiger charge is -2.12. The number of rotatable bonds is 8. The van der Waals surface area contributed by atoms with Crippen LogP contribution in [0.15, 0.2) is 18.2 Å². The van der Waals surface area contributed by atoms with E-state index in [9.17, 15) is 18.0 Å². The molecule has 0 unspecified atom stereocenters. The first-order chi connectivity index (χ1) is 9.87. The summed E-state index contributed by atoms with van der Waals surface area (Å²) in [5.41, 5.74) is 0.275. The molecule has 0 heterocycles. The monoisotopic (exact) mass is 305 g/mol. The zero-order chi connectivity index (χ0) is 15.9. The molecule has 118 valence electrons. The molecule has 0 aliphatic heterocycles. The standard InChI is InChI=1S/C14H18F3NO3/c1-3-20-12-6-5-10(7-13(12)21-4-2)11(19)8-18-9-14(15,16)17/h5-7,18H,3-4,8-9H2,1-2H3. The first-order valence-corrected chi connectivity index (χ1v) is 6.57. The summed E-state index contributed by atoms with van der Waals surface area (Å²) in [5.74, 6) is 0.462. The molecular formula is C14H18F3NO3. The number of carbonyl (C=O) groups is 1. The third kappa shape index (κ3) is 6.03. The van der Waals surface area contributed by atoms with Crippen LogP contribution >= 0.6 is 0 Å². The van der Waals surface area contributed by atoms with Crippen LogP contribution < -0.4 is 14.8 Å². The molecule has 0 aliphatic rings. The highest BCUT2D eigenvalue weighted by Crippen LogP contribution is 2.28. The molecule has 1 N–H and O–H groups in total. The smallest absolute Gasteiger partial charge is 0.401 e. The largest absolute Gasteiger partial charge is 0.490 e. The summed E-state index contributed by atoms with van der Waals surface area (Å²) in [6.07, 6.45) is -4.34. The van der Waals surface area contributed by atoms with E-state index in [-0.39, 0.29) is 12.1 Å². The van der Waals surface area contributed by atoms with Gasteiger partial charge >= 0.3 is 6.18 Å². The van der Waals surface area contributed by atoms with Crippen LogP contribution in [0, 0.1) is 0 Å². The molecule has 0 aliphatic carbocycles. The minimum Gasteiger partial charge on any atom is -0.490 e. The number of hydrogen-bond donors (Lipinski definition) is 1. The Morgan fingerprint density at radius 1 is 1.14 bits per heavy atom. The lowest BCUT2D eigenvalue weighted by Crippen LogP contribution is -2.32. The molecule has 7 heteroatoms. The fourth-order valence-corrected chi connectivity index (χ4v) is 1.64. The molecule has 0 amide bonds. The Labute approximate surface area is 121 Å². The van der Waals surface area contributed by atoms with Crippen molar-refractivity contribution in [2.24, 2.45) is 0 Å². The van der Waals surface area contributed by atoms with Gasteiger partial charge in [-0.05, 0) is 32.0 Å². The molecule has 0 radical (unpaired) electrons. The first kappa shape index (κ1) is 17.3. The first-order valence-electron chi connectivity index (χ1n) is 6.57. The Morgan fingerprint density at radius 3 is 2.33 bits per heavy atom. The van der Waals surface area contributed by atoms with Gasteiger partial charge in [-0.3, -0.25) is 4.79 Å². The molecule has 1 rings (SSSR count). The van der Waals surface area contributed by atoms with Crippen molar-refractivity contribution in [3.8, 4) is 11.5 Å². The van der Waals surface area contributed by atoms with Gasteiger partial charge in [-0.15, -0.1) is 0 Å². The van der Waals surface area contributed by atoms with Crippen LogP contribution in [0.2, 0.25) is 0 Å². The fraction of sp³-hybridized carbons (Fsp3) is 0.500. The van der Waals surface area contributed by atoms with Gasteiger partial charge < -0.3 is 14.8 Å². The topological polar surface area (TPSA) is 47.6 Å². The summed E-state index contributed by atoms with van der Waals surface area (Å²) in [5, 5.41) is 2.07. The van der Waals surface area contributed by atoms with Gasteiger partial charge in [0.2, 0.25) is 0 Å². The van der Waals surface area contributed by atoms with Crippen molar-refractivity contribution in [1.29, 1.82) is 0 Å². The molecule has 0 saturated carbocycles. The lowest BCUT2D eigenvalue weighted by molar-refractivity contribution is -0.124. The third-order valence-corrected chi connectivity index (χ3v) is 2.48. The van der Waals surface area contributed by atoms with E-state index in [0.29, 0.717) is 24.7 Å². The van der Waals surface area contributed by atoms with E-state index in [1.165, 1.54) is 12.1 Å². The molecule has 0 aromatic heterocycles. The van der Waals surface area contributed by atoms with Crippen molar-refractivity contribution < 1.29 is 27.4 Å². The van der Waals surface area contributed by atoms with Crippen LogP contribution in [0.25, 0.3) is 0 Å². The zero-order valence-electron chi connectivity index (χ0n) is 11.9. The number of Topliss-reactive ketones (excluding diaryl/α,β-unsaturated/α-hetero) is 1. The van der Waals surface area contributed by atoms with E-state index in [1.54, 1.807) is 13.0 Å². The van der Waals surface area contributed by atoms with Gasteiger partial charge in [0.25, 0.3) is 0 Å². The summed E-state index contributed by atoms with van der Waals surface area (Å²) >= 11 is 0. The van der Waals surface area contributed by atoms with Crippen LogP contribution in [-0.4, -0.2) is 38.3 Å². The second-order valence-electron chi connectivity index (χ2n) is 4.17. The van der Waals surface area contributed by atoms with Crippen LogP contribution in [0.1, 0.15) is 24.2 Å². The van der Waals surface area contributed by atoms with Crippen LogP contribution in [0.4, 0.5) is 13.2 Å². The number of nitrogens with one attached hydrogen (secondary N) is 1. The maximum absolute atomic E-state index is 12.0. The van der Waals surface area contributed by atoms with Gasteiger partial charge in [0, 0.05) is 5.56 Å². The number of benzene rings is 1. The maximum atomic E-state index is 12.0. The molecule has 0 bridgehead atoms. The van der Waals surface area contributed by atoms with Crippen LogP contribution in [0.3, 0.4) is 0 Å². The number of hydrogen-bond acceptors (Lipinski definition) is 4. The van der Waals surface area contributed by atoms with Crippen molar-refractivity contribution in [2.45, 2.75) is 20.0 Å². The van der Waals surface area contributed by atoms with Crippen LogP contribution in [0.5, 0.6) is 11.5 Å². The summed E-state index contributed by atoms with van der Waals surface area (Å²) in [6, 6.07) is 4.56. The van der Waals surface area contributed by atoms with E-state index < -0.39 is 18.5 Å². The molecular weight excluding hydrogens is 287 g/mol. The summed E-state index contributed by atoms with van der Waals surface area (Å²) in [4.78, 5) is 11.8. The summed E-state index contributed by atoms with van der Waals surface area (Å²) in [7, 11) is 0. The lowest BCUT2D eigenvalue weighted by atomic mass is 10.1. The summed E-state index contributed by atoms with van der Waals surface area (Å²) < 4.78 is 46.7. The summed E-state index contributed by atoms with van der Waals surface area (Å²) in [6.45, 7) is 2.85. The number of alkyl halides is 3. The van der Waals surface area contributed by atoms with E-state index in [4.69, 9.17) is 9.47 Å². The van der Waals surface area contributed by atoms with E-state index in [2.05, 4.69) is 5.32 Å². The molecule has 0 saturated heterocycles. The molecule has 0 fully saturated rings. The molecule has 4 nitrogen and oxygen atoms in total. The molecule has 1 aromatic carbocycles. The average Bonchev–Trinajstić information content (AvgIpc) is 2.39. The Kier molecular flexibility index (Phi) is 6.48. The van der Waals surface area contributed by atoms with Gasteiger partial charge in [-0.2, -0.15) is 13.2 Å². The number of halogens is 3. The number of ketones is 1. The quantitative estimate of drug-likeness (QED) is 0.750. The van der Waals surface area contributed by atoms with Gasteiger partial charge in [-0.1, -0.05) is 0 Å². The predicted molar refractivity (Wildman–Crippen MR) is 72.0 cm³/mol. The maximum Gasteiger partial charge on any atom is 0.401 e. The molecule has 21 heavy (non-hydrogen) atoms. The van der Waals surface area contributed by atoms with Crippen molar-refractivity contribution in [3.63, 3.8) is 0 Å². The second kappa shape index (κ2) is 7.87. The zero-order valence-corrected chi connectivity index (χ0v) is 11.9. The van der Waals surface area contributed by atoms with Gasteiger partial charge in [0.05, 0.1) is 26.3 Å². The van der Waals surface area contributed by atoms with E-state index in [0.717, 1.165) is 0 Å². The highest BCUT2D eigenvalue weighted by Gasteiger charge is 2.26.